The second kappa shape index (κ2) is 10.2. The van der Waals surface area contributed by atoms with Crippen molar-refractivity contribution in [3.63, 3.8) is 0 Å². The minimum absolute atomic E-state index is 0.0302. The van der Waals surface area contributed by atoms with E-state index in [2.05, 4.69) is 40.1 Å². The minimum Gasteiger partial charge on any atom is -0.381 e. The van der Waals surface area contributed by atoms with Crippen LogP contribution in [0.3, 0.4) is 0 Å². The first kappa shape index (κ1) is 21.1. The van der Waals surface area contributed by atoms with Gasteiger partial charge in [-0.15, -0.1) is 11.3 Å². The summed E-state index contributed by atoms with van der Waals surface area (Å²) in [5, 5.41) is 10.8. The molecular formula is C21H29ClN4OS. The number of benzene rings is 1. The average Bonchev–Trinajstić information content (AvgIpc) is 3.12. The fraction of sp³-hybridized carbons (Fsp3) is 0.524. The Morgan fingerprint density at radius 2 is 2.14 bits per heavy atom. The Labute approximate surface area is 176 Å². The zero-order valence-electron chi connectivity index (χ0n) is 16.6. The highest BCUT2D eigenvalue weighted by molar-refractivity contribution is 7.09. The highest BCUT2D eigenvalue weighted by atomic mass is 35.5. The van der Waals surface area contributed by atoms with Crippen molar-refractivity contribution >= 4 is 28.9 Å². The second-order valence-electron chi connectivity index (χ2n) is 7.13. The van der Waals surface area contributed by atoms with Gasteiger partial charge in [0.25, 0.3) is 0 Å². The van der Waals surface area contributed by atoms with Crippen LogP contribution >= 0.6 is 22.9 Å². The maximum absolute atomic E-state index is 6.27. The number of aryl methyl sites for hydroxylation is 1. The Balaban J connectivity index is 1.69. The van der Waals surface area contributed by atoms with Crippen LogP contribution < -0.4 is 10.6 Å². The predicted octanol–water partition coefficient (Wildman–Crippen LogP) is 3.95. The lowest BCUT2D eigenvalue weighted by molar-refractivity contribution is 0.0531. The Bertz CT molecular complexity index is 786. The Hall–Kier alpha value is -1.63. The van der Waals surface area contributed by atoms with E-state index in [1.807, 2.05) is 19.1 Å². The van der Waals surface area contributed by atoms with Crippen LogP contribution in [0.1, 0.15) is 36.0 Å². The van der Waals surface area contributed by atoms with Crippen LogP contribution in [0.15, 0.2) is 34.6 Å². The van der Waals surface area contributed by atoms with E-state index >= 15 is 0 Å². The van der Waals surface area contributed by atoms with Gasteiger partial charge in [-0.2, -0.15) is 0 Å². The number of rotatable bonds is 7. The molecule has 3 rings (SSSR count). The molecule has 1 aromatic heterocycles. The quantitative estimate of drug-likeness (QED) is 0.526. The second-order valence-corrected chi connectivity index (χ2v) is 8.63. The molecule has 1 aliphatic heterocycles. The molecule has 0 amide bonds. The third kappa shape index (κ3) is 5.69. The molecule has 28 heavy (non-hydrogen) atoms. The molecule has 5 nitrogen and oxygen atoms in total. The van der Waals surface area contributed by atoms with Gasteiger partial charge < -0.3 is 15.4 Å². The first-order chi connectivity index (χ1) is 13.6. The molecule has 0 spiro atoms. The zero-order chi connectivity index (χ0) is 19.8. The van der Waals surface area contributed by atoms with Crippen molar-refractivity contribution < 1.29 is 4.74 Å². The van der Waals surface area contributed by atoms with Crippen molar-refractivity contribution in [3.05, 3.63) is 50.9 Å². The van der Waals surface area contributed by atoms with Crippen LogP contribution in [0.5, 0.6) is 0 Å². The summed E-state index contributed by atoms with van der Waals surface area (Å²) in [4.78, 5) is 9.45. The van der Waals surface area contributed by atoms with E-state index in [-0.39, 0.29) is 5.41 Å². The Morgan fingerprint density at radius 3 is 2.82 bits per heavy atom. The normalized spacial score (nSPS) is 16.8. The molecule has 0 aliphatic carbocycles. The van der Waals surface area contributed by atoms with Gasteiger partial charge in [0, 0.05) is 48.5 Å². The van der Waals surface area contributed by atoms with Crippen LogP contribution in [-0.4, -0.2) is 43.8 Å². The monoisotopic (exact) mass is 420 g/mol. The van der Waals surface area contributed by atoms with E-state index in [1.165, 1.54) is 5.56 Å². The van der Waals surface area contributed by atoms with Gasteiger partial charge in [0.1, 0.15) is 0 Å². The molecule has 1 aliphatic rings. The molecule has 2 heterocycles. The molecule has 152 valence electrons. The lowest BCUT2D eigenvalue weighted by atomic mass is 9.74. The minimum atomic E-state index is -0.0302. The van der Waals surface area contributed by atoms with Crippen molar-refractivity contribution in [2.24, 2.45) is 4.99 Å². The fourth-order valence-electron chi connectivity index (χ4n) is 3.52. The number of aliphatic imine (C=N–C) groups is 1. The molecule has 0 radical (unpaired) electrons. The highest BCUT2D eigenvalue weighted by Crippen LogP contribution is 2.36. The summed E-state index contributed by atoms with van der Waals surface area (Å²) in [6.07, 6.45) is 2.80. The van der Waals surface area contributed by atoms with Gasteiger partial charge in [0.15, 0.2) is 5.96 Å². The number of nitrogens with one attached hydrogen (secondary N) is 2. The van der Waals surface area contributed by atoms with Gasteiger partial charge in [0.2, 0.25) is 0 Å². The van der Waals surface area contributed by atoms with E-state index in [4.69, 9.17) is 21.3 Å². The summed E-state index contributed by atoms with van der Waals surface area (Å²) in [5.74, 6) is 0.849. The number of nitrogens with zero attached hydrogens (tertiary/aromatic N) is 2. The van der Waals surface area contributed by atoms with Crippen LogP contribution in [0.25, 0.3) is 0 Å². The van der Waals surface area contributed by atoms with Crippen LogP contribution in [0.2, 0.25) is 5.02 Å². The average molecular weight is 421 g/mol. The molecule has 2 N–H and O–H groups in total. The summed E-state index contributed by atoms with van der Waals surface area (Å²) in [6.45, 7) is 7.99. The van der Waals surface area contributed by atoms with E-state index in [0.717, 1.165) is 67.2 Å². The van der Waals surface area contributed by atoms with Crippen LogP contribution in [0.4, 0.5) is 0 Å². The van der Waals surface area contributed by atoms with E-state index in [1.54, 1.807) is 11.3 Å². The number of thiazole rings is 1. The smallest absolute Gasteiger partial charge is 0.191 e. The van der Waals surface area contributed by atoms with Crippen molar-refractivity contribution in [1.82, 2.24) is 15.6 Å². The van der Waals surface area contributed by atoms with Crippen molar-refractivity contribution in [2.45, 2.75) is 38.5 Å². The Morgan fingerprint density at radius 1 is 1.32 bits per heavy atom. The number of ether oxygens (including phenoxy) is 1. The maximum Gasteiger partial charge on any atom is 0.191 e. The summed E-state index contributed by atoms with van der Waals surface area (Å²) < 4.78 is 5.63. The maximum atomic E-state index is 6.27. The third-order valence-corrected chi connectivity index (χ3v) is 6.17. The molecule has 0 bridgehead atoms. The summed E-state index contributed by atoms with van der Waals surface area (Å²) in [6, 6.07) is 8.19. The lowest BCUT2D eigenvalue weighted by Gasteiger charge is -2.36. The summed E-state index contributed by atoms with van der Waals surface area (Å²) in [5.41, 5.74) is 2.35. The van der Waals surface area contributed by atoms with E-state index in [9.17, 15) is 0 Å². The van der Waals surface area contributed by atoms with Crippen molar-refractivity contribution in [3.8, 4) is 0 Å². The molecule has 1 fully saturated rings. The lowest BCUT2D eigenvalue weighted by Crippen LogP contribution is -2.41. The molecule has 1 saturated heterocycles. The zero-order valence-corrected chi connectivity index (χ0v) is 18.2. The summed E-state index contributed by atoms with van der Waals surface area (Å²) >= 11 is 7.96. The van der Waals surface area contributed by atoms with Gasteiger partial charge in [-0.25, -0.2) is 4.98 Å². The molecule has 0 atom stereocenters. The molecule has 0 saturated carbocycles. The van der Waals surface area contributed by atoms with Gasteiger partial charge >= 0.3 is 0 Å². The predicted molar refractivity (Wildman–Crippen MR) is 118 cm³/mol. The molecule has 7 heteroatoms. The summed E-state index contributed by atoms with van der Waals surface area (Å²) in [7, 11) is 0. The largest absolute Gasteiger partial charge is 0.381 e. The highest BCUT2D eigenvalue weighted by Gasteiger charge is 2.34. The number of aromatic nitrogens is 1. The molecule has 0 unspecified atom stereocenters. The number of guanidine groups is 1. The number of hydrogen-bond donors (Lipinski definition) is 2. The first-order valence-electron chi connectivity index (χ1n) is 9.88. The van der Waals surface area contributed by atoms with E-state index < -0.39 is 0 Å². The van der Waals surface area contributed by atoms with E-state index in [0.29, 0.717) is 6.54 Å². The van der Waals surface area contributed by atoms with Gasteiger partial charge in [0.05, 0.1) is 17.2 Å². The third-order valence-electron chi connectivity index (χ3n) is 5.11. The van der Waals surface area contributed by atoms with Crippen molar-refractivity contribution in [2.75, 3.05) is 32.8 Å². The number of hydrogen-bond acceptors (Lipinski definition) is 4. The standard InChI is InChI=1S/C21H29ClN4OS/c1-3-23-20(24-10-7-19-14-28-16(2)26-19)25-15-21(8-11-27-12-9-21)17-5-4-6-18(22)13-17/h4-6,13-14H,3,7-12,15H2,1-2H3,(H2,23,24,25). The van der Waals surface area contributed by atoms with Gasteiger partial charge in [-0.1, -0.05) is 23.7 Å². The SMILES string of the molecule is CCNC(=NCC1(c2cccc(Cl)c2)CCOCC1)NCCc1csc(C)n1. The van der Waals surface area contributed by atoms with Crippen LogP contribution in [0, 0.1) is 6.92 Å². The topological polar surface area (TPSA) is 58.5 Å². The molecule has 1 aromatic carbocycles. The molecule has 2 aromatic rings. The van der Waals surface area contributed by atoms with Crippen LogP contribution in [-0.2, 0) is 16.6 Å². The van der Waals surface area contributed by atoms with Gasteiger partial charge in [-0.3, -0.25) is 4.99 Å². The van der Waals surface area contributed by atoms with Gasteiger partial charge in [-0.05, 0) is 44.4 Å². The van der Waals surface area contributed by atoms with Crippen molar-refractivity contribution in [1.29, 1.82) is 0 Å². The fourth-order valence-corrected chi connectivity index (χ4v) is 4.36. The Kier molecular flexibility index (Phi) is 7.71. The first-order valence-corrected chi connectivity index (χ1v) is 11.1. The molecular weight excluding hydrogens is 392 g/mol. The number of halogens is 1.